The van der Waals surface area contributed by atoms with Gasteiger partial charge >= 0.3 is 12.1 Å². The second kappa shape index (κ2) is 8.90. The minimum absolute atomic E-state index is 0.0776. The Balaban J connectivity index is 1.96. The van der Waals surface area contributed by atoms with E-state index in [0.717, 1.165) is 17.6 Å². The average molecular weight is 433 g/mol. The fourth-order valence-electron chi connectivity index (χ4n) is 2.14. The van der Waals surface area contributed by atoms with E-state index in [0.29, 0.717) is 5.69 Å². The van der Waals surface area contributed by atoms with Gasteiger partial charge in [-0.1, -0.05) is 24.3 Å². The molecule has 0 aromatic heterocycles. The summed E-state index contributed by atoms with van der Waals surface area (Å²) < 4.78 is 76.7. The highest BCUT2D eigenvalue weighted by molar-refractivity contribution is 7.92. The van der Waals surface area contributed by atoms with E-state index in [-0.39, 0.29) is 17.7 Å². The van der Waals surface area contributed by atoms with Gasteiger partial charge in [-0.2, -0.15) is 13.2 Å². The Bertz CT molecular complexity index is 995. The number of sulfonamides is 1. The summed E-state index contributed by atoms with van der Waals surface area (Å²) in [6, 6.07) is 11.2. The minimum Gasteiger partial charge on any atom is -0.284 e. The molecule has 0 radical (unpaired) electrons. The third-order valence-electron chi connectivity index (χ3n) is 3.53. The van der Waals surface area contributed by atoms with Gasteiger partial charge in [0, 0.05) is 5.69 Å². The number of anilines is 1. The molecule has 12 heteroatoms. The number of carbonyl (C=O) groups is 2. The molecular weight excluding hydrogens is 418 g/mol. The Morgan fingerprint density at radius 2 is 1.62 bits per heavy atom. The van der Waals surface area contributed by atoms with Crippen LogP contribution in [-0.4, -0.2) is 32.2 Å². The van der Waals surface area contributed by atoms with E-state index in [2.05, 4.69) is 4.72 Å². The predicted molar refractivity (Wildman–Crippen MR) is 95.6 cm³/mol. The fourth-order valence-corrected chi connectivity index (χ4v) is 3.24. The molecule has 0 aliphatic rings. The van der Waals surface area contributed by atoms with Crippen LogP contribution in [0.25, 0.3) is 0 Å². The van der Waals surface area contributed by atoms with Crippen LogP contribution in [0.5, 0.6) is 0 Å². The summed E-state index contributed by atoms with van der Waals surface area (Å²) >= 11 is 0. The maximum Gasteiger partial charge on any atom is 0.472 e. The van der Waals surface area contributed by atoms with Crippen molar-refractivity contribution in [1.29, 1.82) is 0 Å². The molecule has 0 spiro atoms. The van der Waals surface area contributed by atoms with Crippen molar-refractivity contribution in [2.24, 2.45) is 0 Å². The molecule has 0 aliphatic heterocycles. The van der Waals surface area contributed by atoms with Gasteiger partial charge in [-0.05, 0) is 36.2 Å². The number of aryl methyl sites for hydroxylation is 1. The van der Waals surface area contributed by atoms with Crippen LogP contribution >= 0.6 is 0 Å². The molecule has 2 aromatic carbocycles. The summed E-state index contributed by atoms with van der Waals surface area (Å²) in [5.74, 6) is -5.17. The van der Waals surface area contributed by atoms with Crippen LogP contribution < -0.4 is 15.6 Å². The lowest BCUT2D eigenvalue weighted by molar-refractivity contribution is -0.174. The van der Waals surface area contributed by atoms with E-state index in [1.54, 1.807) is 30.3 Å². The summed E-state index contributed by atoms with van der Waals surface area (Å²) in [5.41, 5.74) is 2.55. The van der Waals surface area contributed by atoms with Crippen LogP contribution in [0.4, 0.5) is 23.2 Å². The molecule has 0 saturated heterocycles. The van der Waals surface area contributed by atoms with Gasteiger partial charge in [0.05, 0.1) is 11.3 Å². The molecule has 2 aromatic rings. The molecule has 0 aliphatic carbocycles. The second-order valence-electron chi connectivity index (χ2n) is 5.76. The Labute approximate surface area is 163 Å². The van der Waals surface area contributed by atoms with Gasteiger partial charge < -0.3 is 0 Å². The first-order chi connectivity index (χ1) is 13.5. The van der Waals surface area contributed by atoms with Crippen LogP contribution in [0.2, 0.25) is 0 Å². The van der Waals surface area contributed by atoms with Crippen LogP contribution in [0.15, 0.2) is 48.5 Å². The standard InChI is InChI=1S/C17H15F4N3O4S/c18-14-10-11(8-9-29(27,28)24-12-4-2-1-3-5-12)6-7-13(14)15(25)22-23-16(26)17(19,20)21/h1-7,10,24H,8-9H2,(H,22,25)(H,23,26). The van der Waals surface area contributed by atoms with Gasteiger partial charge in [0.15, 0.2) is 0 Å². The highest BCUT2D eigenvalue weighted by atomic mass is 32.2. The molecular formula is C17H15F4N3O4S. The highest BCUT2D eigenvalue weighted by Gasteiger charge is 2.39. The number of hydrogen-bond donors (Lipinski definition) is 3. The molecule has 2 rings (SSSR count). The van der Waals surface area contributed by atoms with Gasteiger partial charge in [0.2, 0.25) is 10.0 Å². The molecule has 0 unspecified atom stereocenters. The number of carbonyl (C=O) groups excluding carboxylic acids is 2. The quantitative estimate of drug-likeness (QED) is 0.480. The minimum atomic E-state index is -5.21. The summed E-state index contributed by atoms with van der Waals surface area (Å²) in [6.45, 7) is 0. The monoisotopic (exact) mass is 433 g/mol. The van der Waals surface area contributed by atoms with Crippen LogP contribution in [-0.2, 0) is 21.2 Å². The zero-order chi connectivity index (χ0) is 21.7. The first kappa shape index (κ1) is 22.1. The number of para-hydroxylation sites is 1. The largest absolute Gasteiger partial charge is 0.472 e. The zero-order valence-corrected chi connectivity index (χ0v) is 15.4. The van der Waals surface area contributed by atoms with Gasteiger partial charge in [-0.15, -0.1) is 0 Å². The van der Waals surface area contributed by atoms with E-state index in [4.69, 9.17) is 0 Å². The molecule has 0 bridgehead atoms. The lowest BCUT2D eigenvalue weighted by Gasteiger charge is -2.11. The summed E-state index contributed by atoms with van der Waals surface area (Å²) in [5, 5.41) is 0. The van der Waals surface area contributed by atoms with E-state index in [1.165, 1.54) is 11.5 Å². The number of hydrazine groups is 1. The molecule has 29 heavy (non-hydrogen) atoms. The Kier molecular flexibility index (Phi) is 6.80. The van der Waals surface area contributed by atoms with Crippen molar-refractivity contribution in [2.45, 2.75) is 12.6 Å². The predicted octanol–water partition coefficient (Wildman–Crippen LogP) is 2.13. The number of benzene rings is 2. The number of rotatable bonds is 6. The molecule has 0 atom stereocenters. The number of hydrogen-bond acceptors (Lipinski definition) is 4. The number of alkyl halides is 3. The lowest BCUT2D eigenvalue weighted by Crippen LogP contribution is -2.47. The van der Waals surface area contributed by atoms with Crippen LogP contribution in [0.1, 0.15) is 15.9 Å². The zero-order valence-electron chi connectivity index (χ0n) is 14.6. The molecule has 0 heterocycles. The van der Waals surface area contributed by atoms with Crippen molar-refractivity contribution in [3.8, 4) is 0 Å². The van der Waals surface area contributed by atoms with Gasteiger partial charge in [-0.3, -0.25) is 25.2 Å². The molecule has 0 saturated carbocycles. The van der Waals surface area contributed by atoms with E-state index in [1.807, 2.05) is 0 Å². The van der Waals surface area contributed by atoms with Crippen molar-refractivity contribution in [3.63, 3.8) is 0 Å². The van der Waals surface area contributed by atoms with Crippen LogP contribution in [0, 0.1) is 5.82 Å². The third-order valence-corrected chi connectivity index (χ3v) is 4.82. The number of halogens is 4. The molecule has 7 nitrogen and oxygen atoms in total. The van der Waals surface area contributed by atoms with Crippen molar-refractivity contribution >= 4 is 27.5 Å². The smallest absolute Gasteiger partial charge is 0.284 e. The molecule has 2 amide bonds. The molecule has 156 valence electrons. The van der Waals surface area contributed by atoms with Gasteiger partial charge in [0.25, 0.3) is 5.91 Å². The van der Waals surface area contributed by atoms with Crippen molar-refractivity contribution < 1.29 is 35.6 Å². The fraction of sp³-hybridized carbons (Fsp3) is 0.176. The number of nitrogens with one attached hydrogen (secondary N) is 3. The summed E-state index contributed by atoms with van der Waals surface area (Å²) in [4.78, 5) is 22.3. The maximum atomic E-state index is 14.1. The average Bonchev–Trinajstić information content (AvgIpc) is 2.64. The van der Waals surface area contributed by atoms with E-state index >= 15 is 0 Å². The normalized spacial score (nSPS) is 11.6. The van der Waals surface area contributed by atoms with Gasteiger partial charge in [-0.25, -0.2) is 12.8 Å². The Morgan fingerprint density at radius 3 is 2.21 bits per heavy atom. The number of amides is 2. The topological polar surface area (TPSA) is 104 Å². The van der Waals surface area contributed by atoms with Gasteiger partial charge in [0.1, 0.15) is 5.82 Å². The first-order valence-electron chi connectivity index (χ1n) is 7.99. The lowest BCUT2D eigenvalue weighted by atomic mass is 10.1. The SMILES string of the molecule is O=C(NNC(=O)C(F)(F)F)c1ccc(CCS(=O)(=O)Nc2ccccc2)cc1F. The molecule has 3 N–H and O–H groups in total. The van der Waals surface area contributed by atoms with E-state index in [9.17, 15) is 35.6 Å². The van der Waals surface area contributed by atoms with E-state index < -0.39 is 39.4 Å². The third kappa shape index (κ3) is 6.75. The summed E-state index contributed by atoms with van der Waals surface area (Å²) in [6.07, 6.45) is -5.29. The van der Waals surface area contributed by atoms with Crippen molar-refractivity contribution in [3.05, 3.63) is 65.5 Å². The first-order valence-corrected chi connectivity index (χ1v) is 9.64. The molecule has 0 fully saturated rings. The second-order valence-corrected chi connectivity index (χ2v) is 7.60. The van der Waals surface area contributed by atoms with Crippen molar-refractivity contribution in [2.75, 3.05) is 10.5 Å². The van der Waals surface area contributed by atoms with Crippen LogP contribution in [0.3, 0.4) is 0 Å². The maximum absolute atomic E-state index is 14.1. The van der Waals surface area contributed by atoms with Crippen molar-refractivity contribution in [1.82, 2.24) is 10.9 Å². The Hall–Kier alpha value is -3.15. The summed E-state index contributed by atoms with van der Waals surface area (Å²) in [7, 11) is -3.71. The Morgan fingerprint density at radius 1 is 0.966 bits per heavy atom. The highest BCUT2D eigenvalue weighted by Crippen LogP contribution is 2.15.